The first-order valence-electron chi connectivity index (χ1n) is 7.73. The average molecular weight is 346 g/mol. The molecule has 138 valence electrons. The third kappa shape index (κ3) is 31.9. The van der Waals surface area contributed by atoms with Crippen LogP contribution in [0.3, 0.4) is 0 Å². The van der Waals surface area contributed by atoms with Gasteiger partial charge >= 0.3 is 10.4 Å². The van der Waals surface area contributed by atoms with Crippen molar-refractivity contribution in [2.45, 2.75) is 53.4 Å². The Morgan fingerprint density at radius 1 is 1.00 bits per heavy atom. The maximum absolute atomic E-state index is 10.3. The van der Waals surface area contributed by atoms with Gasteiger partial charge in [0.25, 0.3) is 0 Å². The van der Waals surface area contributed by atoms with Crippen LogP contribution in [0.2, 0.25) is 0 Å². The summed E-state index contributed by atoms with van der Waals surface area (Å²) in [4.78, 5) is 0. The molecule has 0 bridgehead atoms. The Morgan fingerprint density at radius 3 is 1.73 bits per heavy atom. The molecule has 0 rings (SSSR count). The molecule has 0 aliphatic rings. The SMILES string of the molecule is CCCCC(CC)COS(=O)(=O)O.CCOCC.OCCO. The summed E-state index contributed by atoms with van der Waals surface area (Å²) in [5.41, 5.74) is 0. The molecule has 0 radical (unpaired) electrons. The molecule has 0 fully saturated rings. The third-order valence-corrected chi connectivity index (χ3v) is 2.94. The minimum atomic E-state index is -4.25. The quantitative estimate of drug-likeness (QED) is 0.519. The number of hydrogen-bond acceptors (Lipinski definition) is 6. The van der Waals surface area contributed by atoms with E-state index in [0.29, 0.717) is 0 Å². The van der Waals surface area contributed by atoms with Gasteiger partial charge in [0.2, 0.25) is 0 Å². The fourth-order valence-electron chi connectivity index (χ4n) is 1.28. The zero-order chi connectivity index (χ0) is 17.9. The highest BCUT2D eigenvalue weighted by Gasteiger charge is 2.11. The second-order valence-corrected chi connectivity index (χ2v) is 5.45. The van der Waals surface area contributed by atoms with E-state index in [4.69, 9.17) is 19.5 Å². The van der Waals surface area contributed by atoms with Gasteiger partial charge in [0.1, 0.15) is 0 Å². The van der Waals surface area contributed by atoms with E-state index in [-0.39, 0.29) is 25.7 Å². The summed E-state index contributed by atoms with van der Waals surface area (Å²) in [6.07, 6.45) is 3.97. The summed E-state index contributed by atoms with van der Waals surface area (Å²) in [5, 5.41) is 15.2. The fourth-order valence-corrected chi connectivity index (χ4v) is 1.65. The van der Waals surface area contributed by atoms with Crippen LogP contribution in [0.5, 0.6) is 0 Å². The lowest BCUT2D eigenvalue weighted by molar-refractivity contribution is 0.162. The predicted molar refractivity (Wildman–Crippen MR) is 87.1 cm³/mol. The molecule has 0 saturated carbocycles. The Labute approximate surface area is 135 Å². The summed E-state index contributed by atoms with van der Waals surface area (Å²) >= 11 is 0. The van der Waals surface area contributed by atoms with Crippen molar-refractivity contribution in [3.05, 3.63) is 0 Å². The number of aliphatic hydroxyl groups is 2. The summed E-state index contributed by atoms with van der Waals surface area (Å²) < 4.78 is 38.0. The maximum Gasteiger partial charge on any atom is 0.397 e. The van der Waals surface area contributed by atoms with Gasteiger partial charge in [0, 0.05) is 13.2 Å². The smallest absolute Gasteiger partial charge is 0.394 e. The van der Waals surface area contributed by atoms with Crippen molar-refractivity contribution in [1.29, 1.82) is 0 Å². The largest absolute Gasteiger partial charge is 0.397 e. The molecule has 3 N–H and O–H groups in total. The molecule has 7 nitrogen and oxygen atoms in total. The van der Waals surface area contributed by atoms with Crippen molar-refractivity contribution in [3.63, 3.8) is 0 Å². The van der Waals surface area contributed by atoms with Crippen molar-refractivity contribution in [2.24, 2.45) is 5.92 Å². The van der Waals surface area contributed by atoms with Crippen LogP contribution in [0, 0.1) is 5.92 Å². The van der Waals surface area contributed by atoms with E-state index in [1.807, 2.05) is 20.8 Å². The molecule has 0 spiro atoms. The average Bonchev–Trinajstić information content (AvgIpc) is 2.48. The van der Waals surface area contributed by atoms with Gasteiger partial charge < -0.3 is 14.9 Å². The van der Waals surface area contributed by atoms with E-state index in [1.54, 1.807) is 0 Å². The molecule has 1 atom stereocenters. The van der Waals surface area contributed by atoms with Gasteiger partial charge in [-0.15, -0.1) is 0 Å². The van der Waals surface area contributed by atoms with Gasteiger partial charge in [-0.2, -0.15) is 8.42 Å². The van der Waals surface area contributed by atoms with Crippen LogP contribution in [0.1, 0.15) is 53.4 Å². The van der Waals surface area contributed by atoms with Crippen LogP contribution in [0.15, 0.2) is 0 Å². The number of aliphatic hydroxyl groups excluding tert-OH is 2. The first kappa shape index (κ1) is 26.6. The lowest BCUT2D eigenvalue weighted by Crippen LogP contribution is -2.13. The molecule has 0 aromatic carbocycles. The number of rotatable bonds is 10. The highest BCUT2D eigenvalue weighted by molar-refractivity contribution is 7.80. The van der Waals surface area contributed by atoms with Crippen LogP contribution in [-0.2, 0) is 19.3 Å². The van der Waals surface area contributed by atoms with Crippen molar-refractivity contribution >= 4 is 10.4 Å². The standard InChI is InChI=1S/C8H18O4S.C4H10O.C2H6O2/c1-3-5-6-8(4-2)7-12-13(9,10)11;1-3-5-4-2;3-1-2-4/h8H,3-7H2,1-2H3,(H,9,10,11);3-4H2,1-2H3;3-4H,1-2H2. The Kier molecular flexibility index (Phi) is 25.1. The molecule has 0 aromatic heterocycles. The molecule has 22 heavy (non-hydrogen) atoms. The van der Waals surface area contributed by atoms with Gasteiger partial charge in [-0.1, -0.05) is 33.1 Å². The van der Waals surface area contributed by atoms with E-state index in [1.165, 1.54) is 0 Å². The monoisotopic (exact) mass is 346 g/mol. The number of unbranched alkanes of at least 4 members (excludes halogenated alkanes) is 1. The summed E-state index contributed by atoms with van der Waals surface area (Å²) in [6, 6.07) is 0. The van der Waals surface area contributed by atoms with E-state index in [0.717, 1.165) is 38.9 Å². The molecule has 0 amide bonds. The van der Waals surface area contributed by atoms with Gasteiger partial charge in [-0.3, -0.25) is 4.55 Å². The molecule has 1 unspecified atom stereocenters. The van der Waals surface area contributed by atoms with Crippen LogP contribution < -0.4 is 0 Å². The van der Waals surface area contributed by atoms with E-state index >= 15 is 0 Å². The lowest BCUT2D eigenvalue weighted by Gasteiger charge is -2.12. The summed E-state index contributed by atoms with van der Waals surface area (Å²) in [6.45, 7) is 9.57. The van der Waals surface area contributed by atoms with Crippen molar-refractivity contribution in [2.75, 3.05) is 33.0 Å². The molecule has 8 heteroatoms. The molecule has 0 aliphatic carbocycles. The van der Waals surface area contributed by atoms with E-state index in [2.05, 4.69) is 11.1 Å². The van der Waals surface area contributed by atoms with Crippen molar-refractivity contribution < 1.29 is 32.1 Å². The second kappa shape index (κ2) is 20.8. The van der Waals surface area contributed by atoms with E-state index < -0.39 is 10.4 Å². The van der Waals surface area contributed by atoms with Crippen LogP contribution in [-0.4, -0.2) is 56.2 Å². The van der Waals surface area contributed by atoms with Crippen LogP contribution in [0.4, 0.5) is 0 Å². The van der Waals surface area contributed by atoms with Gasteiger partial charge in [0.05, 0.1) is 19.8 Å². The molecule has 0 heterocycles. The number of hydrogen-bond donors (Lipinski definition) is 3. The van der Waals surface area contributed by atoms with Gasteiger partial charge in [0.15, 0.2) is 0 Å². The minimum absolute atomic E-state index is 0.0926. The number of ether oxygens (including phenoxy) is 1. The van der Waals surface area contributed by atoms with Crippen LogP contribution in [0.25, 0.3) is 0 Å². The molecular formula is C14H34O7S. The van der Waals surface area contributed by atoms with Crippen molar-refractivity contribution in [1.82, 2.24) is 0 Å². The predicted octanol–water partition coefficient (Wildman–Crippen LogP) is 2.04. The molecule has 0 aromatic rings. The van der Waals surface area contributed by atoms with Gasteiger partial charge in [-0.25, -0.2) is 4.18 Å². The Hall–Kier alpha value is -0.250. The zero-order valence-corrected chi connectivity index (χ0v) is 15.1. The summed E-state index contributed by atoms with van der Waals surface area (Å²) in [7, 11) is -4.25. The normalized spacial score (nSPS) is 11.8. The van der Waals surface area contributed by atoms with Crippen LogP contribution >= 0.6 is 0 Å². The molecule has 0 aliphatic heterocycles. The first-order chi connectivity index (χ1) is 10.3. The highest BCUT2D eigenvalue weighted by atomic mass is 32.3. The minimum Gasteiger partial charge on any atom is -0.394 e. The highest BCUT2D eigenvalue weighted by Crippen LogP contribution is 2.13. The fraction of sp³-hybridized carbons (Fsp3) is 1.00. The lowest BCUT2D eigenvalue weighted by atomic mass is 10.0. The summed E-state index contributed by atoms with van der Waals surface area (Å²) in [5.74, 6) is 0.224. The maximum atomic E-state index is 10.3. The van der Waals surface area contributed by atoms with Gasteiger partial charge in [-0.05, 0) is 26.2 Å². The molecule has 0 saturated heterocycles. The van der Waals surface area contributed by atoms with E-state index in [9.17, 15) is 8.42 Å². The Balaban J connectivity index is -0.000000330. The van der Waals surface area contributed by atoms with Crippen molar-refractivity contribution in [3.8, 4) is 0 Å². The zero-order valence-electron chi connectivity index (χ0n) is 14.3. The second-order valence-electron chi connectivity index (χ2n) is 4.36. The topological polar surface area (TPSA) is 113 Å². The molecular weight excluding hydrogens is 312 g/mol. The third-order valence-electron chi connectivity index (χ3n) is 2.50. The Morgan fingerprint density at radius 2 is 1.50 bits per heavy atom. The Bertz CT molecular complexity index is 277. The first-order valence-corrected chi connectivity index (χ1v) is 9.10.